The number of Topliss-reactive ketones (excluding diaryl/α,β-unsaturated/α-hetero) is 1. The van der Waals surface area contributed by atoms with Crippen molar-refractivity contribution in [3.63, 3.8) is 0 Å². The van der Waals surface area contributed by atoms with Crippen LogP contribution in [0.25, 0.3) is 6.08 Å². The molecule has 0 saturated carbocycles. The number of hydrogen-bond acceptors (Lipinski definition) is 4. The first-order valence-electron chi connectivity index (χ1n) is 9.49. The van der Waals surface area contributed by atoms with Gasteiger partial charge >= 0.3 is 0 Å². The highest BCUT2D eigenvalue weighted by Gasteiger charge is 2.63. The van der Waals surface area contributed by atoms with Gasteiger partial charge in [-0.3, -0.25) is 14.4 Å². The number of para-hydroxylation sites is 1. The molecule has 0 aromatic heterocycles. The number of amides is 2. The number of anilines is 2. The number of benzene rings is 2. The summed E-state index contributed by atoms with van der Waals surface area (Å²) < 4.78 is 0. The van der Waals surface area contributed by atoms with Gasteiger partial charge < -0.3 is 4.90 Å². The van der Waals surface area contributed by atoms with E-state index in [1.165, 1.54) is 11.8 Å². The topological polar surface area (TPSA) is 57.7 Å². The van der Waals surface area contributed by atoms with Crippen LogP contribution < -0.4 is 9.80 Å². The molecule has 4 atom stereocenters. The smallest absolute Gasteiger partial charge is 0.240 e. The van der Waals surface area contributed by atoms with Gasteiger partial charge in [-0.15, -0.1) is 0 Å². The number of carbonyl (C=O) groups excluding carboxylic acids is 3. The average Bonchev–Trinajstić information content (AvgIpc) is 3.16. The van der Waals surface area contributed by atoms with Crippen molar-refractivity contribution in [2.45, 2.75) is 25.9 Å². The van der Waals surface area contributed by atoms with Gasteiger partial charge in [0.15, 0.2) is 5.78 Å². The molecule has 5 rings (SSSR count). The lowest BCUT2D eigenvalue weighted by Gasteiger charge is -2.36. The third kappa shape index (κ3) is 2.16. The lowest BCUT2D eigenvalue weighted by molar-refractivity contribution is -0.126. The minimum atomic E-state index is -0.660. The van der Waals surface area contributed by atoms with E-state index in [0.29, 0.717) is 5.69 Å². The van der Waals surface area contributed by atoms with E-state index < -0.39 is 17.9 Å². The first-order valence-corrected chi connectivity index (χ1v) is 9.49. The van der Waals surface area contributed by atoms with Crippen molar-refractivity contribution in [2.24, 2.45) is 11.8 Å². The summed E-state index contributed by atoms with van der Waals surface area (Å²) in [4.78, 5) is 42.6. The summed E-state index contributed by atoms with van der Waals surface area (Å²) in [6, 6.07) is 14.2. The second kappa shape index (κ2) is 5.89. The number of fused-ring (bicyclic) bond motifs is 5. The van der Waals surface area contributed by atoms with Crippen LogP contribution in [0.3, 0.4) is 0 Å². The van der Waals surface area contributed by atoms with Crippen LogP contribution in [0.1, 0.15) is 18.1 Å². The molecule has 2 fully saturated rings. The number of imide groups is 1. The predicted molar refractivity (Wildman–Crippen MR) is 107 cm³/mol. The molecule has 2 aromatic carbocycles. The van der Waals surface area contributed by atoms with E-state index in [0.717, 1.165) is 16.8 Å². The molecule has 140 valence electrons. The third-order valence-electron chi connectivity index (χ3n) is 6.12. The fraction of sp³-hybridized carbons (Fsp3) is 0.261. The highest BCUT2D eigenvalue weighted by atomic mass is 16.2. The van der Waals surface area contributed by atoms with E-state index in [4.69, 9.17) is 0 Å². The van der Waals surface area contributed by atoms with Crippen molar-refractivity contribution in [3.8, 4) is 0 Å². The number of carbonyl (C=O) groups is 3. The fourth-order valence-electron chi connectivity index (χ4n) is 4.92. The van der Waals surface area contributed by atoms with Gasteiger partial charge in [-0.1, -0.05) is 48.0 Å². The van der Waals surface area contributed by atoms with Crippen molar-refractivity contribution in [3.05, 3.63) is 65.7 Å². The first-order chi connectivity index (χ1) is 13.5. The predicted octanol–water partition coefficient (Wildman–Crippen LogP) is 2.97. The van der Waals surface area contributed by atoms with Gasteiger partial charge in [0.25, 0.3) is 0 Å². The Balaban J connectivity index is 1.62. The zero-order valence-corrected chi connectivity index (χ0v) is 15.7. The van der Waals surface area contributed by atoms with Gasteiger partial charge in [0.05, 0.1) is 23.6 Å². The Kier molecular flexibility index (Phi) is 3.56. The van der Waals surface area contributed by atoms with Crippen LogP contribution in [0.15, 0.2) is 54.6 Å². The Morgan fingerprint density at radius 3 is 2.32 bits per heavy atom. The van der Waals surface area contributed by atoms with Gasteiger partial charge in [-0.05, 0) is 37.6 Å². The number of hydrogen-bond donors (Lipinski definition) is 0. The molecule has 0 unspecified atom stereocenters. The van der Waals surface area contributed by atoms with Crippen LogP contribution in [0.5, 0.6) is 0 Å². The molecule has 0 N–H and O–H groups in total. The highest BCUT2D eigenvalue weighted by Crippen LogP contribution is 2.49. The highest BCUT2D eigenvalue weighted by molar-refractivity contribution is 6.24. The van der Waals surface area contributed by atoms with Gasteiger partial charge in [0.2, 0.25) is 11.8 Å². The standard InChI is InChI=1S/C23H20N2O3/c1-13-7-10-16(11-8-13)24-22(27)19-18-12-9-15-5-3-4-6-17(15)25(18)21(14(2)26)20(19)23(24)28/h3-12,18-21H,1-2H3/t18-,19-,20-,21+/m1/s1. The van der Waals surface area contributed by atoms with Gasteiger partial charge in [0.1, 0.15) is 6.04 Å². The van der Waals surface area contributed by atoms with E-state index in [9.17, 15) is 14.4 Å². The maximum absolute atomic E-state index is 13.4. The number of nitrogens with zero attached hydrogens (tertiary/aromatic N) is 2. The summed E-state index contributed by atoms with van der Waals surface area (Å²) in [5.41, 5.74) is 3.54. The minimum absolute atomic E-state index is 0.0884. The Morgan fingerprint density at radius 1 is 0.929 bits per heavy atom. The van der Waals surface area contributed by atoms with E-state index in [1.54, 1.807) is 12.1 Å². The summed E-state index contributed by atoms with van der Waals surface area (Å²) in [6.45, 7) is 3.47. The second-order valence-electron chi connectivity index (χ2n) is 7.77. The monoisotopic (exact) mass is 372 g/mol. The third-order valence-corrected chi connectivity index (χ3v) is 6.12. The van der Waals surface area contributed by atoms with Crippen molar-refractivity contribution in [1.82, 2.24) is 0 Å². The van der Waals surface area contributed by atoms with Crippen molar-refractivity contribution < 1.29 is 14.4 Å². The molecule has 0 radical (unpaired) electrons. The molecule has 5 nitrogen and oxygen atoms in total. The van der Waals surface area contributed by atoms with E-state index in [2.05, 4.69) is 0 Å². The summed E-state index contributed by atoms with van der Waals surface area (Å²) in [5, 5.41) is 0. The van der Waals surface area contributed by atoms with E-state index in [1.807, 2.05) is 60.4 Å². The Bertz CT molecular complexity index is 1040. The van der Waals surface area contributed by atoms with Crippen molar-refractivity contribution in [1.29, 1.82) is 0 Å². The molecule has 0 aliphatic carbocycles. The van der Waals surface area contributed by atoms with E-state index in [-0.39, 0.29) is 23.6 Å². The maximum Gasteiger partial charge on any atom is 0.240 e. The molecular formula is C23H20N2O3. The molecule has 2 aromatic rings. The van der Waals surface area contributed by atoms with Gasteiger partial charge in [-0.2, -0.15) is 0 Å². The number of ketones is 1. The van der Waals surface area contributed by atoms with Crippen LogP contribution in [0, 0.1) is 18.8 Å². The SMILES string of the molecule is CC(=O)[C@H]1[C@@H]2C(=O)N(c3ccc(C)cc3)C(=O)[C@@H]2[C@H]2C=Cc3ccccc3N21. The lowest BCUT2D eigenvalue weighted by atomic mass is 9.88. The molecule has 5 heteroatoms. The molecule has 0 bridgehead atoms. The Labute approximate surface area is 163 Å². The molecule has 2 saturated heterocycles. The fourth-order valence-corrected chi connectivity index (χ4v) is 4.92. The molecule has 3 aliphatic rings. The number of rotatable bonds is 2. The van der Waals surface area contributed by atoms with Crippen molar-refractivity contribution in [2.75, 3.05) is 9.80 Å². The van der Waals surface area contributed by atoms with Crippen LogP contribution in [0.4, 0.5) is 11.4 Å². The Hall–Kier alpha value is -3.21. The molecular weight excluding hydrogens is 352 g/mol. The van der Waals surface area contributed by atoms with Gasteiger partial charge in [-0.25, -0.2) is 4.90 Å². The quantitative estimate of drug-likeness (QED) is 0.761. The summed E-state index contributed by atoms with van der Waals surface area (Å²) in [7, 11) is 0. The van der Waals surface area contributed by atoms with Crippen molar-refractivity contribution >= 4 is 35.0 Å². The molecule has 2 amide bonds. The van der Waals surface area contributed by atoms with Crippen LogP contribution in [-0.2, 0) is 14.4 Å². The summed E-state index contributed by atoms with van der Waals surface area (Å²) in [5.74, 6) is -1.80. The van der Waals surface area contributed by atoms with Crippen LogP contribution >= 0.6 is 0 Å². The zero-order chi connectivity index (χ0) is 19.6. The molecule has 28 heavy (non-hydrogen) atoms. The van der Waals surface area contributed by atoms with E-state index >= 15 is 0 Å². The molecule has 3 aliphatic heterocycles. The number of aryl methyl sites for hydroxylation is 1. The van der Waals surface area contributed by atoms with Gasteiger partial charge in [0, 0.05) is 5.69 Å². The molecule has 0 spiro atoms. The largest absolute Gasteiger partial charge is 0.353 e. The first kappa shape index (κ1) is 16.9. The average molecular weight is 372 g/mol. The Morgan fingerprint density at radius 2 is 1.61 bits per heavy atom. The summed E-state index contributed by atoms with van der Waals surface area (Å²) in [6.07, 6.45) is 3.95. The van der Waals surface area contributed by atoms with Crippen LogP contribution in [0.2, 0.25) is 0 Å². The lowest BCUT2D eigenvalue weighted by Crippen LogP contribution is -2.48. The minimum Gasteiger partial charge on any atom is -0.353 e. The summed E-state index contributed by atoms with van der Waals surface area (Å²) >= 11 is 0. The maximum atomic E-state index is 13.4. The van der Waals surface area contributed by atoms with Crippen LogP contribution in [-0.4, -0.2) is 29.7 Å². The molecule has 3 heterocycles. The zero-order valence-electron chi connectivity index (χ0n) is 15.7. The normalized spacial score (nSPS) is 27.6. The second-order valence-corrected chi connectivity index (χ2v) is 7.77.